The third-order valence-corrected chi connectivity index (χ3v) is 4.16. The molecule has 1 aromatic carbocycles. The lowest BCUT2D eigenvalue weighted by molar-refractivity contribution is -0.927. The molecule has 0 aromatic heterocycles. The fourth-order valence-corrected chi connectivity index (χ4v) is 3.27. The number of aliphatic hydroxyl groups is 1. The zero-order valence-electron chi connectivity index (χ0n) is 8.95. The number of fused-ring (bicyclic) bond motifs is 3. The predicted molar refractivity (Wildman–Crippen MR) is 58.6 cm³/mol. The molecule has 0 saturated carbocycles. The first-order chi connectivity index (χ1) is 7.29. The Morgan fingerprint density at radius 2 is 1.80 bits per heavy atom. The molecule has 3 aliphatic heterocycles. The van der Waals surface area contributed by atoms with Gasteiger partial charge >= 0.3 is 0 Å². The molecule has 3 heterocycles. The molecule has 0 radical (unpaired) electrons. The number of quaternary nitrogens is 1. The average molecular weight is 204 g/mol. The monoisotopic (exact) mass is 204 g/mol. The van der Waals surface area contributed by atoms with Crippen molar-refractivity contribution in [3.63, 3.8) is 0 Å². The van der Waals surface area contributed by atoms with Crippen molar-refractivity contribution in [1.82, 2.24) is 0 Å². The second-order valence-corrected chi connectivity index (χ2v) is 4.99. The maximum Gasteiger partial charge on any atom is 0.141 e. The summed E-state index contributed by atoms with van der Waals surface area (Å²) in [4.78, 5) is 1.57. The van der Waals surface area contributed by atoms with E-state index >= 15 is 0 Å². The highest BCUT2D eigenvalue weighted by Gasteiger charge is 2.49. The molecule has 4 rings (SSSR count). The molecular formula is C13H18NO+. The van der Waals surface area contributed by atoms with Gasteiger partial charge in [-0.05, 0) is 5.56 Å². The second kappa shape index (κ2) is 3.32. The summed E-state index contributed by atoms with van der Waals surface area (Å²) in [5.74, 6) is 0.484. The fourth-order valence-electron chi connectivity index (χ4n) is 3.27. The number of hydrogen-bond donors (Lipinski definition) is 2. The van der Waals surface area contributed by atoms with Crippen LogP contribution in [-0.2, 0) is 5.60 Å². The number of nitrogens with one attached hydrogen (secondary N) is 1. The summed E-state index contributed by atoms with van der Waals surface area (Å²) in [6.07, 6.45) is 2.36. The van der Waals surface area contributed by atoms with Gasteiger partial charge in [0.1, 0.15) is 12.1 Å². The predicted octanol–water partition coefficient (Wildman–Crippen LogP) is 0.183. The zero-order chi connectivity index (χ0) is 10.3. The SMILES string of the molecule is O[C@@]1(c2ccccc2)C[NH+]2CCC1CC2. The first-order valence-electron chi connectivity index (χ1n) is 5.90. The first kappa shape index (κ1) is 9.37. The van der Waals surface area contributed by atoms with Crippen molar-refractivity contribution in [3.05, 3.63) is 35.9 Å². The molecule has 2 heteroatoms. The average Bonchev–Trinajstić information content (AvgIpc) is 2.31. The molecular weight excluding hydrogens is 186 g/mol. The molecule has 0 aliphatic carbocycles. The van der Waals surface area contributed by atoms with Gasteiger partial charge in [-0.3, -0.25) is 0 Å². The van der Waals surface area contributed by atoms with Crippen LogP contribution < -0.4 is 4.90 Å². The van der Waals surface area contributed by atoms with E-state index in [9.17, 15) is 5.11 Å². The van der Waals surface area contributed by atoms with Crippen LogP contribution in [0.2, 0.25) is 0 Å². The minimum atomic E-state index is -0.549. The summed E-state index contributed by atoms with van der Waals surface area (Å²) < 4.78 is 0. The number of rotatable bonds is 1. The summed E-state index contributed by atoms with van der Waals surface area (Å²) in [5.41, 5.74) is 0.569. The Balaban J connectivity index is 1.97. The molecule has 1 aromatic rings. The van der Waals surface area contributed by atoms with Gasteiger partial charge in [0.05, 0.1) is 13.1 Å². The smallest absolute Gasteiger partial charge is 0.141 e. The number of hydrogen-bond acceptors (Lipinski definition) is 1. The lowest BCUT2D eigenvalue weighted by atomic mass is 9.72. The Bertz CT molecular complexity index is 343. The molecule has 1 atom stereocenters. The highest BCUT2D eigenvalue weighted by Crippen LogP contribution is 2.36. The molecule has 3 saturated heterocycles. The quantitative estimate of drug-likeness (QED) is 0.670. The molecule has 3 aliphatic rings. The van der Waals surface area contributed by atoms with Crippen molar-refractivity contribution >= 4 is 0 Å². The van der Waals surface area contributed by atoms with Gasteiger partial charge in [-0.25, -0.2) is 0 Å². The second-order valence-electron chi connectivity index (χ2n) is 4.99. The van der Waals surface area contributed by atoms with Crippen molar-refractivity contribution in [1.29, 1.82) is 0 Å². The van der Waals surface area contributed by atoms with E-state index in [1.807, 2.05) is 18.2 Å². The molecule has 80 valence electrons. The molecule has 0 spiro atoms. The molecule has 15 heavy (non-hydrogen) atoms. The largest absolute Gasteiger partial charge is 0.379 e. The summed E-state index contributed by atoms with van der Waals surface area (Å²) in [5, 5.41) is 10.8. The molecule has 2 nitrogen and oxygen atoms in total. The summed E-state index contributed by atoms with van der Waals surface area (Å²) >= 11 is 0. The molecule has 0 amide bonds. The summed E-state index contributed by atoms with van der Waals surface area (Å²) in [7, 11) is 0. The minimum Gasteiger partial charge on any atom is -0.379 e. The minimum absolute atomic E-state index is 0.484. The maximum atomic E-state index is 10.8. The standard InChI is InChI=1S/C13H17NO/c15-13(11-4-2-1-3-5-11)10-14-8-6-12(13)7-9-14/h1-5,12,15H,6-10H2/p+1/t13-/m1/s1. The van der Waals surface area contributed by atoms with Gasteiger partial charge in [0.2, 0.25) is 0 Å². The number of benzene rings is 1. The Kier molecular flexibility index (Phi) is 2.08. The Morgan fingerprint density at radius 3 is 2.33 bits per heavy atom. The molecule has 3 fully saturated rings. The third-order valence-electron chi connectivity index (χ3n) is 4.16. The third kappa shape index (κ3) is 1.40. The Morgan fingerprint density at radius 1 is 1.13 bits per heavy atom. The van der Waals surface area contributed by atoms with Crippen molar-refractivity contribution in [2.45, 2.75) is 18.4 Å². The molecule has 0 unspecified atom stereocenters. The Labute approximate surface area is 90.5 Å². The fraction of sp³-hybridized carbons (Fsp3) is 0.538. The Hall–Kier alpha value is -0.860. The van der Waals surface area contributed by atoms with Gasteiger partial charge in [-0.2, -0.15) is 0 Å². The van der Waals surface area contributed by atoms with E-state index in [-0.39, 0.29) is 0 Å². The van der Waals surface area contributed by atoms with Gasteiger partial charge < -0.3 is 10.0 Å². The van der Waals surface area contributed by atoms with E-state index in [2.05, 4.69) is 12.1 Å². The van der Waals surface area contributed by atoms with Crippen LogP contribution in [0.3, 0.4) is 0 Å². The first-order valence-corrected chi connectivity index (χ1v) is 5.90. The van der Waals surface area contributed by atoms with Crippen LogP contribution in [0.4, 0.5) is 0 Å². The van der Waals surface area contributed by atoms with Crippen LogP contribution in [-0.4, -0.2) is 24.7 Å². The lowest BCUT2D eigenvalue weighted by Crippen LogP contribution is -3.17. The van der Waals surface area contributed by atoms with Gasteiger partial charge in [-0.15, -0.1) is 0 Å². The van der Waals surface area contributed by atoms with Gasteiger partial charge in [-0.1, -0.05) is 30.3 Å². The highest BCUT2D eigenvalue weighted by molar-refractivity contribution is 5.24. The summed E-state index contributed by atoms with van der Waals surface area (Å²) in [6, 6.07) is 10.2. The van der Waals surface area contributed by atoms with Crippen molar-refractivity contribution in [3.8, 4) is 0 Å². The van der Waals surface area contributed by atoms with Gasteiger partial charge in [0, 0.05) is 18.8 Å². The van der Waals surface area contributed by atoms with Crippen molar-refractivity contribution in [2.75, 3.05) is 19.6 Å². The van der Waals surface area contributed by atoms with Crippen LogP contribution in [0.15, 0.2) is 30.3 Å². The maximum absolute atomic E-state index is 10.8. The van der Waals surface area contributed by atoms with Crippen LogP contribution in [0.1, 0.15) is 18.4 Å². The zero-order valence-corrected chi connectivity index (χ0v) is 8.95. The van der Waals surface area contributed by atoms with E-state index < -0.39 is 5.60 Å². The van der Waals surface area contributed by atoms with Crippen molar-refractivity contribution in [2.24, 2.45) is 5.92 Å². The lowest BCUT2D eigenvalue weighted by Gasteiger charge is -2.47. The van der Waals surface area contributed by atoms with E-state index in [1.165, 1.54) is 25.9 Å². The van der Waals surface area contributed by atoms with Crippen LogP contribution in [0, 0.1) is 5.92 Å². The van der Waals surface area contributed by atoms with E-state index in [0.717, 1.165) is 12.1 Å². The van der Waals surface area contributed by atoms with Crippen LogP contribution in [0.25, 0.3) is 0 Å². The van der Waals surface area contributed by atoms with E-state index in [4.69, 9.17) is 0 Å². The molecule has 2 bridgehead atoms. The number of piperidine rings is 3. The molecule has 2 N–H and O–H groups in total. The van der Waals surface area contributed by atoms with Crippen LogP contribution >= 0.6 is 0 Å². The van der Waals surface area contributed by atoms with E-state index in [1.54, 1.807) is 4.90 Å². The topological polar surface area (TPSA) is 24.7 Å². The van der Waals surface area contributed by atoms with Gasteiger partial charge in [0.15, 0.2) is 0 Å². The normalized spacial score (nSPS) is 39.3. The highest BCUT2D eigenvalue weighted by atomic mass is 16.3. The van der Waals surface area contributed by atoms with Crippen LogP contribution in [0.5, 0.6) is 0 Å². The van der Waals surface area contributed by atoms with E-state index in [0.29, 0.717) is 5.92 Å². The summed E-state index contributed by atoms with van der Waals surface area (Å²) in [6.45, 7) is 3.40. The van der Waals surface area contributed by atoms with Crippen molar-refractivity contribution < 1.29 is 10.0 Å². The van der Waals surface area contributed by atoms with Gasteiger partial charge in [0.25, 0.3) is 0 Å².